The normalized spacial score (nSPS) is 17.6. The van der Waals surface area contributed by atoms with Crippen molar-refractivity contribution in [1.82, 2.24) is 14.0 Å². The summed E-state index contributed by atoms with van der Waals surface area (Å²) in [6.07, 6.45) is 5.17. The van der Waals surface area contributed by atoms with E-state index in [1.54, 1.807) is 0 Å². The Balaban J connectivity index is 0.00000225. The smallest absolute Gasteiger partial charge is 0.252 e. The van der Waals surface area contributed by atoms with Gasteiger partial charge in [-0.25, -0.2) is 0 Å². The molecule has 1 aliphatic carbocycles. The Bertz CT molecular complexity index is 216. The quantitative estimate of drug-likeness (QED) is 0.613. The fourth-order valence-corrected chi connectivity index (χ4v) is 5.42. The van der Waals surface area contributed by atoms with Crippen molar-refractivity contribution >= 4 is 7.71 Å². The molecule has 3 nitrogen and oxygen atoms in total. The first-order valence-corrected chi connectivity index (χ1v) is 7.24. The van der Waals surface area contributed by atoms with Crippen LogP contribution in [0.15, 0.2) is 11.9 Å². The first kappa shape index (κ1) is 16.3. The van der Waals surface area contributed by atoms with Crippen molar-refractivity contribution in [2.24, 2.45) is 5.92 Å². The van der Waals surface area contributed by atoms with Crippen LogP contribution in [0.4, 0.5) is 0 Å². The minimum atomic E-state index is -1.41. The second-order valence-corrected chi connectivity index (χ2v) is 8.76. The summed E-state index contributed by atoms with van der Waals surface area (Å²) in [5.74, 6) is 3.29. The summed E-state index contributed by atoms with van der Waals surface area (Å²) in [5, 5.41) is 0. The molecule has 1 fully saturated rings. The van der Waals surface area contributed by atoms with Crippen LogP contribution in [0.5, 0.6) is 0 Å². The Morgan fingerprint density at radius 1 is 0.875 bits per heavy atom. The highest BCUT2D eigenvalue weighted by Gasteiger charge is 2.45. The van der Waals surface area contributed by atoms with Gasteiger partial charge in [0.25, 0.3) is 7.71 Å². The predicted molar refractivity (Wildman–Crippen MR) is 69.8 cm³/mol. The standard InChI is InChI=1S/C11H25N3P.ClH/c1-12(2)15(13(3)4,14(5)6)10-9-11-7-8-11;/h9-11H,7-8H2,1-6H3;1H/q+1;/p-1/b10-9+;. The third-order valence-electron chi connectivity index (χ3n) is 2.95. The largest absolute Gasteiger partial charge is 1.00 e. The van der Waals surface area contributed by atoms with E-state index in [4.69, 9.17) is 0 Å². The van der Waals surface area contributed by atoms with Crippen LogP contribution in [-0.4, -0.2) is 56.3 Å². The Kier molecular flexibility index (Phi) is 6.45. The average molecular weight is 266 g/mol. The van der Waals surface area contributed by atoms with E-state index in [2.05, 4.69) is 68.2 Å². The number of halogens is 1. The van der Waals surface area contributed by atoms with Crippen molar-refractivity contribution in [1.29, 1.82) is 0 Å². The second kappa shape index (κ2) is 6.32. The molecule has 0 aliphatic heterocycles. The van der Waals surface area contributed by atoms with E-state index in [-0.39, 0.29) is 12.4 Å². The van der Waals surface area contributed by atoms with E-state index in [1.165, 1.54) is 12.8 Å². The molecule has 5 heteroatoms. The Morgan fingerprint density at radius 3 is 1.50 bits per heavy atom. The van der Waals surface area contributed by atoms with E-state index >= 15 is 0 Å². The van der Waals surface area contributed by atoms with Crippen molar-refractivity contribution in [3.63, 3.8) is 0 Å². The highest BCUT2D eigenvalue weighted by atomic mass is 35.5. The molecule has 0 heterocycles. The lowest BCUT2D eigenvalue weighted by Gasteiger charge is -2.37. The molecule has 0 amide bonds. The fourth-order valence-electron chi connectivity index (χ4n) is 2.00. The van der Waals surface area contributed by atoms with Crippen molar-refractivity contribution in [3.05, 3.63) is 11.9 Å². The van der Waals surface area contributed by atoms with Gasteiger partial charge >= 0.3 is 0 Å². The van der Waals surface area contributed by atoms with Gasteiger partial charge in [-0.2, -0.15) is 14.0 Å². The number of allylic oxidation sites excluding steroid dienone is 1. The maximum Gasteiger partial charge on any atom is 0.252 e. The summed E-state index contributed by atoms with van der Waals surface area (Å²) in [4.78, 5) is 0. The molecule has 1 rings (SSSR count). The third kappa shape index (κ3) is 3.41. The monoisotopic (exact) mass is 265 g/mol. The van der Waals surface area contributed by atoms with Crippen LogP contribution in [0.2, 0.25) is 0 Å². The topological polar surface area (TPSA) is 9.72 Å². The summed E-state index contributed by atoms with van der Waals surface area (Å²) in [5.41, 5.74) is 0. The van der Waals surface area contributed by atoms with Gasteiger partial charge in [-0.15, -0.1) is 0 Å². The molecule has 96 valence electrons. The van der Waals surface area contributed by atoms with Gasteiger partial charge in [0, 0.05) is 42.3 Å². The van der Waals surface area contributed by atoms with E-state index in [0.717, 1.165) is 5.92 Å². The molecule has 0 aromatic rings. The molecule has 0 spiro atoms. The zero-order valence-corrected chi connectivity index (χ0v) is 13.0. The molecule has 16 heavy (non-hydrogen) atoms. The van der Waals surface area contributed by atoms with Crippen molar-refractivity contribution in [2.45, 2.75) is 12.8 Å². The van der Waals surface area contributed by atoms with Gasteiger partial charge in [-0.3, -0.25) is 0 Å². The number of hydrogen-bond acceptors (Lipinski definition) is 3. The molecular formula is C11H25ClN3P. The van der Waals surface area contributed by atoms with Gasteiger partial charge in [0.1, 0.15) is 5.82 Å². The maximum atomic E-state index is 2.44. The SMILES string of the molecule is CN(C)[P+](/C=C/C1CC1)(N(C)C)N(C)C.[Cl-]. The van der Waals surface area contributed by atoms with Gasteiger partial charge in [-0.1, -0.05) is 0 Å². The first-order chi connectivity index (χ1) is 6.91. The van der Waals surface area contributed by atoms with Crippen LogP contribution in [0, 0.1) is 5.92 Å². The summed E-state index contributed by atoms with van der Waals surface area (Å²) in [7, 11) is 11.6. The van der Waals surface area contributed by atoms with Gasteiger partial charge in [0.2, 0.25) is 0 Å². The van der Waals surface area contributed by atoms with Gasteiger partial charge < -0.3 is 12.4 Å². The molecule has 0 aromatic carbocycles. The molecule has 1 aliphatic rings. The van der Waals surface area contributed by atoms with Crippen LogP contribution in [0.3, 0.4) is 0 Å². The lowest BCUT2D eigenvalue weighted by molar-refractivity contribution is -0.00000344. The van der Waals surface area contributed by atoms with Crippen LogP contribution in [0.1, 0.15) is 12.8 Å². The number of rotatable bonds is 5. The number of nitrogens with zero attached hydrogens (tertiary/aromatic N) is 3. The van der Waals surface area contributed by atoms with Crippen molar-refractivity contribution in [2.75, 3.05) is 42.3 Å². The van der Waals surface area contributed by atoms with Gasteiger partial charge in [-0.05, 0) is 24.8 Å². The molecule has 0 unspecified atom stereocenters. The minimum absolute atomic E-state index is 0. The lowest BCUT2D eigenvalue weighted by atomic mass is 10.4. The van der Waals surface area contributed by atoms with Crippen LogP contribution >= 0.6 is 7.71 Å². The number of hydrogen-bond donors (Lipinski definition) is 0. The Morgan fingerprint density at radius 2 is 1.25 bits per heavy atom. The molecule has 0 bridgehead atoms. The Hall–Kier alpha value is 0.340. The molecular weight excluding hydrogens is 241 g/mol. The van der Waals surface area contributed by atoms with E-state index < -0.39 is 7.71 Å². The molecule has 0 N–H and O–H groups in total. The highest BCUT2D eigenvalue weighted by molar-refractivity contribution is 7.71. The molecule has 0 radical (unpaired) electrons. The first-order valence-electron chi connectivity index (χ1n) is 5.52. The second-order valence-electron chi connectivity index (χ2n) is 4.84. The van der Waals surface area contributed by atoms with E-state index in [9.17, 15) is 0 Å². The molecule has 1 saturated carbocycles. The zero-order chi connectivity index (χ0) is 11.6. The average Bonchev–Trinajstić information content (AvgIpc) is 2.86. The van der Waals surface area contributed by atoms with Crippen LogP contribution in [0.25, 0.3) is 0 Å². The summed E-state index contributed by atoms with van der Waals surface area (Å²) >= 11 is 0. The van der Waals surface area contributed by atoms with E-state index in [0.29, 0.717) is 0 Å². The maximum absolute atomic E-state index is 2.44. The summed E-state index contributed by atoms with van der Waals surface area (Å²) < 4.78 is 7.06. The molecule has 0 saturated heterocycles. The van der Waals surface area contributed by atoms with Crippen molar-refractivity contribution < 1.29 is 12.4 Å². The summed E-state index contributed by atoms with van der Waals surface area (Å²) in [6, 6.07) is 0. The third-order valence-corrected chi connectivity index (χ3v) is 7.05. The van der Waals surface area contributed by atoms with E-state index in [1.807, 2.05) is 0 Å². The zero-order valence-electron chi connectivity index (χ0n) is 11.3. The highest BCUT2D eigenvalue weighted by Crippen LogP contribution is 2.65. The fraction of sp³-hybridized carbons (Fsp3) is 0.818. The van der Waals surface area contributed by atoms with Gasteiger partial charge in [0.15, 0.2) is 0 Å². The molecule has 0 atom stereocenters. The Labute approximate surface area is 107 Å². The predicted octanol–water partition coefficient (Wildman–Crippen LogP) is -0.638. The van der Waals surface area contributed by atoms with Crippen LogP contribution < -0.4 is 12.4 Å². The molecule has 0 aromatic heterocycles. The summed E-state index contributed by atoms with van der Waals surface area (Å²) in [6.45, 7) is 0. The van der Waals surface area contributed by atoms with Crippen molar-refractivity contribution in [3.8, 4) is 0 Å². The minimum Gasteiger partial charge on any atom is -1.00 e. The lowest BCUT2D eigenvalue weighted by Crippen LogP contribution is -3.00. The van der Waals surface area contributed by atoms with Crippen LogP contribution in [-0.2, 0) is 0 Å². The van der Waals surface area contributed by atoms with Gasteiger partial charge in [0.05, 0.1) is 0 Å².